The number of ketones is 1. The molecule has 1 atom stereocenters. The number of carbonyl (C=O) groups is 1. The Morgan fingerprint density at radius 1 is 0.974 bits per heavy atom. The number of para-hydroxylation sites is 1. The van der Waals surface area contributed by atoms with E-state index < -0.39 is 0 Å². The normalized spacial score (nSPS) is 15.5. The predicted molar refractivity (Wildman–Crippen MR) is 152 cm³/mol. The third-order valence-electron chi connectivity index (χ3n) is 7.39. The molecule has 3 heterocycles. The van der Waals surface area contributed by atoms with E-state index in [1.54, 1.807) is 20.5 Å². The maximum absolute atomic E-state index is 13.2. The fourth-order valence-electron chi connectivity index (χ4n) is 5.18. The Hall–Kier alpha value is -4.20. The molecule has 0 N–H and O–H groups in total. The lowest BCUT2D eigenvalue weighted by Crippen LogP contribution is -2.25. The Labute approximate surface area is 229 Å². The number of hydrogen-bond donors (Lipinski definition) is 0. The van der Waals surface area contributed by atoms with Crippen LogP contribution < -0.4 is 14.4 Å². The zero-order valence-corrected chi connectivity index (χ0v) is 22.6. The summed E-state index contributed by atoms with van der Waals surface area (Å²) in [5, 5.41) is 0. The van der Waals surface area contributed by atoms with Gasteiger partial charge in [-0.25, -0.2) is 15.0 Å². The number of rotatable bonds is 10. The first kappa shape index (κ1) is 26.4. The van der Waals surface area contributed by atoms with Gasteiger partial charge in [0.1, 0.15) is 29.5 Å². The minimum Gasteiger partial charge on any atom is -0.497 e. The van der Waals surface area contributed by atoms with Crippen LogP contribution in [0.25, 0.3) is 16.9 Å². The standard InChI is InChI=1S/C31H35N5O3/c1-38-27-14-11-24(12-15-27)28-21-36(25-8-4-3-5-9-25)30(34-28)19-26(37)13-10-23-7-6-17-35(18-16-23)29-20-31(39-2)33-22-32-29/h3-5,8-9,11-12,14-15,20-23H,6-7,10,13,16-19H2,1-2H3. The summed E-state index contributed by atoms with van der Waals surface area (Å²) < 4.78 is 12.6. The molecule has 202 valence electrons. The van der Waals surface area contributed by atoms with Crippen molar-refractivity contribution in [2.45, 2.75) is 38.5 Å². The number of anilines is 1. The highest BCUT2D eigenvalue weighted by atomic mass is 16.5. The first-order valence-corrected chi connectivity index (χ1v) is 13.5. The van der Waals surface area contributed by atoms with Gasteiger partial charge in [0, 0.05) is 43.0 Å². The van der Waals surface area contributed by atoms with Crippen molar-refractivity contribution in [3.05, 3.63) is 79.0 Å². The smallest absolute Gasteiger partial charge is 0.218 e. The first-order valence-electron chi connectivity index (χ1n) is 13.5. The molecule has 0 radical (unpaired) electrons. The molecule has 39 heavy (non-hydrogen) atoms. The number of Topliss-reactive ketones (excluding diaryl/α,β-unsaturated/α-hetero) is 1. The topological polar surface area (TPSA) is 82.4 Å². The lowest BCUT2D eigenvalue weighted by molar-refractivity contribution is -0.118. The van der Waals surface area contributed by atoms with Crippen LogP contribution in [-0.2, 0) is 11.2 Å². The van der Waals surface area contributed by atoms with E-state index in [1.807, 2.05) is 71.4 Å². The van der Waals surface area contributed by atoms with Crippen LogP contribution in [0.5, 0.6) is 11.6 Å². The van der Waals surface area contributed by atoms with E-state index in [2.05, 4.69) is 14.9 Å². The summed E-state index contributed by atoms with van der Waals surface area (Å²) in [4.78, 5) is 28.9. The average Bonchev–Trinajstić information content (AvgIpc) is 3.25. The molecule has 1 fully saturated rings. The summed E-state index contributed by atoms with van der Waals surface area (Å²) in [7, 11) is 3.28. The fourth-order valence-corrected chi connectivity index (χ4v) is 5.18. The van der Waals surface area contributed by atoms with Gasteiger partial charge in [0.2, 0.25) is 5.88 Å². The molecule has 0 saturated carbocycles. The van der Waals surface area contributed by atoms with Crippen LogP contribution in [0, 0.1) is 5.92 Å². The molecule has 2 aromatic heterocycles. The quantitative estimate of drug-likeness (QED) is 0.269. The monoisotopic (exact) mass is 525 g/mol. The van der Waals surface area contributed by atoms with E-state index in [0.29, 0.717) is 24.6 Å². The van der Waals surface area contributed by atoms with Gasteiger partial charge in [-0.05, 0) is 68.0 Å². The van der Waals surface area contributed by atoms with Crippen LogP contribution >= 0.6 is 0 Å². The van der Waals surface area contributed by atoms with Crippen LogP contribution in [-0.4, -0.2) is 52.6 Å². The maximum Gasteiger partial charge on any atom is 0.218 e. The minimum atomic E-state index is 0.223. The van der Waals surface area contributed by atoms with Crippen LogP contribution in [0.1, 0.15) is 37.9 Å². The highest BCUT2D eigenvalue weighted by molar-refractivity contribution is 5.80. The van der Waals surface area contributed by atoms with Gasteiger partial charge in [-0.2, -0.15) is 0 Å². The highest BCUT2D eigenvalue weighted by Gasteiger charge is 2.21. The van der Waals surface area contributed by atoms with E-state index in [9.17, 15) is 4.79 Å². The summed E-state index contributed by atoms with van der Waals surface area (Å²) in [6.07, 6.45) is 8.57. The molecule has 5 rings (SSSR count). The molecule has 4 aromatic rings. The predicted octanol–water partition coefficient (Wildman–Crippen LogP) is 5.55. The number of methoxy groups -OCH3 is 2. The van der Waals surface area contributed by atoms with Crippen LogP contribution in [0.3, 0.4) is 0 Å². The summed E-state index contributed by atoms with van der Waals surface area (Å²) in [6.45, 7) is 1.87. The Bertz CT molecular complexity index is 1370. The van der Waals surface area contributed by atoms with Crippen LogP contribution in [0.15, 0.2) is 73.2 Å². The molecular weight excluding hydrogens is 490 g/mol. The number of imidazole rings is 1. The fraction of sp³-hybridized carbons (Fsp3) is 0.355. The van der Waals surface area contributed by atoms with Gasteiger partial charge in [-0.3, -0.25) is 4.79 Å². The molecule has 1 saturated heterocycles. The third-order valence-corrected chi connectivity index (χ3v) is 7.39. The molecule has 0 aliphatic carbocycles. The molecule has 0 spiro atoms. The van der Waals surface area contributed by atoms with E-state index in [0.717, 1.165) is 73.1 Å². The van der Waals surface area contributed by atoms with E-state index in [4.69, 9.17) is 14.5 Å². The maximum atomic E-state index is 13.2. The van der Waals surface area contributed by atoms with Gasteiger partial charge < -0.3 is 18.9 Å². The lowest BCUT2D eigenvalue weighted by atomic mass is 9.93. The van der Waals surface area contributed by atoms with Gasteiger partial charge in [0.25, 0.3) is 0 Å². The average molecular weight is 526 g/mol. The largest absolute Gasteiger partial charge is 0.497 e. The molecule has 1 unspecified atom stereocenters. The summed E-state index contributed by atoms with van der Waals surface area (Å²) in [6, 6.07) is 19.8. The number of hydrogen-bond acceptors (Lipinski definition) is 7. The number of carbonyl (C=O) groups excluding carboxylic acids is 1. The summed E-state index contributed by atoms with van der Waals surface area (Å²) in [5.74, 6) is 3.79. The molecule has 0 amide bonds. The molecule has 1 aliphatic heterocycles. The van der Waals surface area contributed by atoms with Gasteiger partial charge >= 0.3 is 0 Å². The minimum absolute atomic E-state index is 0.223. The Balaban J connectivity index is 1.23. The van der Waals surface area contributed by atoms with Crippen LogP contribution in [0.4, 0.5) is 5.82 Å². The van der Waals surface area contributed by atoms with Crippen molar-refractivity contribution in [3.63, 3.8) is 0 Å². The Morgan fingerprint density at radius 2 is 1.79 bits per heavy atom. The van der Waals surface area contributed by atoms with Gasteiger partial charge in [-0.15, -0.1) is 0 Å². The Morgan fingerprint density at radius 3 is 2.56 bits per heavy atom. The van der Waals surface area contributed by atoms with Gasteiger partial charge in [-0.1, -0.05) is 18.2 Å². The Kier molecular flexibility index (Phi) is 8.51. The number of nitrogens with zero attached hydrogens (tertiary/aromatic N) is 5. The molecule has 1 aliphatic rings. The molecule has 0 bridgehead atoms. The third kappa shape index (κ3) is 6.63. The van der Waals surface area contributed by atoms with Crippen LogP contribution in [0.2, 0.25) is 0 Å². The molecule has 2 aromatic carbocycles. The summed E-state index contributed by atoms with van der Waals surface area (Å²) >= 11 is 0. The zero-order valence-electron chi connectivity index (χ0n) is 22.6. The SMILES string of the molecule is COc1ccc(-c2cn(-c3ccccc3)c(CC(=O)CCC3CCCN(c4cc(OC)ncn4)CC3)n2)cc1. The number of aromatic nitrogens is 4. The van der Waals surface area contributed by atoms with Crippen molar-refractivity contribution in [2.24, 2.45) is 5.92 Å². The van der Waals surface area contributed by atoms with E-state index >= 15 is 0 Å². The summed E-state index contributed by atoms with van der Waals surface area (Å²) in [5.41, 5.74) is 2.83. The van der Waals surface area contributed by atoms with Crippen molar-refractivity contribution >= 4 is 11.6 Å². The molecule has 8 heteroatoms. The van der Waals surface area contributed by atoms with Crippen molar-refractivity contribution in [3.8, 4) is 28.6 Å². The van der Waals surface area contributed by atoms with Crippen molar-refractivity contribution in [2.75, 3.05) is 32.2 Å². The van der Waals surface area contributed by atoms with Crippen molar-refractivity contribution in [1.82, 2.24) is 19.5 Å². The van der Waals surface area contributed by atoms with E-state index in [-0.39, 0.29) is 5.78 Å². The van der Waals surface area contributed by atoms with Gasteiger partial charge in [0.15, 0.2) is 0 Å². The van der Waals surface area contributed by atoms with Crippen molar-refractivity contribution < 1.29 is 14.3 Å². The molecular formula is C31H35N5O3. The van der Waals surface area contributed by atoms with Crippen molar-refractivity contribution in [1.29, 1.82) is 0 Å². The second kappa shape index (κ2) is 12.6. The molecule has 8 nitrogen and oxygen atoms in total. The second-order valence-electron chi connectivity index (χ2n) is 9.93. The second-order valence-corrected chi connectivity index (χ2v) is 9.93. The number of ether oxygens (including phenoxy) is 2. The van der Waals surface area contributed by atoms with Gasteiger partial charge in [0.05, 0.1) is 26.3 Å². The zero-order chi connectivity index (χ0) is 27.0. The van der Waals surface area contributed by atoms with E-state index in [1.165, 1.54) is 0 Å². The lowest BCUT2D eigenvalue weighted by Gasteiger charge is -2.21. The first-order chi connectivity index (χ1) is 19.1. The number of benzene rings is 2. The highest BCUT2D eigenvalue weighted by Crippen LogP contribution is 2.27.